The molecule has 35 heavy (non-hydrogen) atoms. The Morgan fingerprint density at radius 1 is 1.31 bits per heavy atom. The summed E-state index contributed by atoms with van der Waals surface area (Å²) in [5, 5.41) is 14.2. The molecule has 0 saturated heterocycles. The third-order valence-corrected chi connectivity index (χ3v) is 8.58. The van der Waals surface area contributed by atoms with Crippen LogP contribution in [0.1, 0.15) is 46.2 Å². The van der Waals surface area contributed by atoms with E-state index in [4.69, 9.17) is 4.74 Å². The Hall–Kier alpha value is -3.22. The number of carbonyl (C=O) groups excluding carboxylic acids is 2. The number of ether oxygens (including phenoxy) is 1. The summed E-state index contributed by atoms with van der Waals surface area (Å²) in [5.41, 5.74) is 3.90. The van der Waals surface area contributed by atoms with Crippen LogP contribution < -0.4 is 15.0 Å². The Morgan fingerprint density at radius 2 is 2.11 bits per heavy atom. The van der Waals surface area contributed by atoms with Gasteiger partial charge < -0.3 is 10.1 Å². The second-order valence-corrected chi connectivity index (χ2v) is 11.7. The van der Waals surface area contributed by atoms with E-state index in [-0.39, 0.29) is 18.4 Å². The first-order valence-electron chi connectivity index (χ1n) is 11.7. The molecule has 5 rings (SSSR count). The van der Waals surface area contributed by atoms with Crippen molar-refractivity contribution in [3.05, 3.63) is 44.1 Å². The minimum atomic E-state index is -0.699. The van der Waals surface area contributed by atoms with Crippen LogP contribution in [0, 0.1) is 31.1 Å². The number of thiophene rings is 1. The van der Waals surface area contributed by atoms with E-state index in [2.05, 4.69) is 23.3 Å². The molecule has 0 radical (unpaired) electrons. The predicted octanol–water partition coefficient (Wildman–Crippen LogP) is 5.24. The number of hydrogen-bond donors (Lipinski definition) is 1. The Kier molecular flexibility index (Phi) is 6.11. The van der Waals surface area contributed by atoms with Crippen molar-refractivity contribution in [2.24, 2.45) is 5.92 Å². The standard InChI is InChI=1S/C26H26N4O3S2/c1-13-5-7-18-19(11-27)25(35-22(18)9-13)29-23(31)12-30-20-10-17(24-15(3)34-16(4)28-24)6-8-21(20)33-14(2)26(30)32/h6,8,10,13-14H,5,7,9,12H2,1-4H3,(H,29,31). The molecule has 1 aliphatic carbocycles. The van der Waals surface area contributed by atoms with Crippen molar-refractivity contribution in [1.29, 1.82) is 5.26 Å². The van der Waals surface area contributed by atoms with E-state index in [0.29, 0.717) is 27.9 Å². The average molecular weight is 507 g/mol. The molecular formula is C26H26N4O3S2. The molecular weight excluding hydrogens is 480 g/mol. The lowest BCUT2D eigenvalue weighted by Crippen LogP contribution is -2.47. The van der Waals surface area contributed by atoms with Crippen molar-refractivity contribution in [3.63, 3.8) is 0 Å². The highest BCUT2D eigenvalue weighted by Crippen LogP contribution is 2.40. The lowest BCUT2D eigenvalue weighted by molar-refractivity contribution is -0.127. The first kappa shape index (κ1) is 23.5. The fraction of sp³-hybridized carbons (Fsp3) is 0.385. The number of nitriles is 1. The Balaban J connectivity index is 1.43. The molecule has 180 valence electrons. The fourth-order valence-corrected chi connectivity index (χ4v) is 7.00. The minimum Gasteiger partial charge on any atom is -0.479 e. The van der Waals surface area contributed by atoms with Crippen molar-refractivity contribution in [2.45, 2.75) is 53.1 Å². The largest absolute Gasteiger partial charge is 0.479 e. The van der Waals surface area contributed by atoms with Gasteiger partial charge in [0.05, 0.1) is 22.0 Å². The molecule has 2 unspecified atom stereocenters. The second-order valence-electron chi connectivity index (χ2n) is 9.22. The van der Waals surface area contributed by atoms with Crippen molar-refractivity contribution < 1.29 is 14.3 Å². The quantitative estimate of drug-likeness (QED) is 0.522. The normalized spacial score (nSPS) is 18.9. The molecule has 0 spiro atoms. The number of amides is 2. The number of carbonyl (C=O) groups is 2. The molecule has 1 aromatic carbocycles. The molecule has 0 fully saturated rings. The molecule has 2 atom stereocenters. The second kappa shape index (κ2) is 9.10. The Morgan fingerprint density at radius 3 is 2.83 bits per heavy atom. The minimum absolute atomic E-state index is 0.165. The molecule has 3 heterocycles. The summed E-state index contributed by atoms with van der Waals surface area (Å²) in [6.45, 7) is 7.70. The van der Waals surface area contributed by atoms with Gasteiger partial charge in [0.2, 0.25) is 5.91 Å². The van der Waals surface area contributed by atoms with E-state index < -0.39 is 6.10 Å². The zero-order valence-corrected chi connectivity index (χ0v) is 21.7. The molecule has 7 nitrogen and oxygen atoms in total. The number of rotatable bonds is 4. The molecule has 2 aromatic heterocycles. The van der Waals surface area contributed by atoms with E-state index in [9.17, 15) is 14.9 Å². The molecule has 1 N–H and O–H groups in total. The van der Waals surface area contributed by atoms with Crippen molar-refractivity contribution in [3.8, 4) is 23.1 Å². The van der Waals surface area contributed by atoms with Gasteiger partial charge in [-0.2, -0.15) is 5.26 Å². The van der Waals surface area contributed by atoms with Gasteiger partial charge in [0.15, 0.2) is 6.10 Å². The highest BCUT2D eigenvalue weighted by atomic mass is 32.1. The zero-order chi connectivity index (χ0) is 24.9. The number of aryl methyl sites for hydroxylation is 2. The maximum Gasteiger partial charge on any atom is 0.268 e. The SMILES string of the molecule is Cc1nc(-c2ccc3c(c2)N(CC(=O)Nc2sc4c(c2C#N)CCC(C)C4)C(=O)C(C)O3)c(C)s1. The van der Waals surface area contributed by atoms with E-state index in [0.717, 1.165) is 46.0 Å². The van der Waals surface area contributed by atoms with Crippen molar-refractivity contribution >= 4 is 45.2 Å². The molecule has 0 saturated carbocycles. The number of anilines is 2. The number of fused-ring (bicyclic) bond motifs is 2. The molecule has 1 aliphatic heterocycles. The van der Waals surface area contributed by atoms with Gasteiger partial charge in [-0.1, -0.05) is 6.92 Å². The van der Waals surface area contributed by atoms with Crippen LogP contribution in [0.5, 0.6) is 5.75 Å². The van der Waals surface area contributed by atoms with Gasteiger partial charge in [-0.3, -0.25) is 14.5 Å². The van der Waals surface area contributed by atoms with Crippen LogP contribution >= 0.6 is 22.7 Å². The summed E-state index contributed by atoms with van der Waals surface area (Å²) in [4.78, 5) is 34.6. The van der Waals surface area contributed by atoms with Crippen molar-refractivity contribution in [2.75, 3.05) is 16.8 Å². The third kappa shape index (κ3) is 4.32. The number of benzene rings is 1. The highest BCUT2D eigenvalue weighted by Gasteiger charge is 2.34. The van der Waals surface area contributed by atoms with Crippen LogP contribution in [0.15, 0.2) is 18.2 Å². The lowest BCUT2D eigenvalue weighted by atomic mass is 9.89. The highest BCUT2D eigenvalue weighted by molar-refractivity contribution is 7.16. The van der Waals surface area contributed by atoms with E-state index in [1.807, 2.05) is 32.0 Å². The maximum atomic E-state index is 13.1. The van der Waals surface area contributed by atoms with E-state index in [1.165, 1.54) is 21.1 Å². The summed E-state index contributed by atoms with van der Waals surface area (Å²) < 4.78 is 5.82. The summed E-state index contributed by atoms with van der Waals surface area (Å²) in [7, 11) is 0. The van der Waals surface area contributed by atoms with Gasteiger partial charge in [0, 0.05) is 15.3 Å². The molecule has 9 heteroatoms. The third-order valence-electron chi connectivity index (χ3n) is 6.52. The topological polar surface area (TPSA) is 95.3 Å². The zero-order valence-electron chi connectivity index (χ0n) is 20.1. The lowest BCUT2D eigenvalue weighted by Gasteiger charge is -2.32. The molecule has 3 aromatic rings. The predicted molar refractivity (Wildman–Crippen MR) is 138 cm³/mol. The molecule has 2 aliphatic rings. The summed E-state index contributed by atoms with van der Waals surface area (Å²) in [6, 6.07) is 7.90. The van der Waals surface area contributed by atoms with Gasteiger partial charge in [-0.25, -0.2) is 4.98 Å². The van der Waals surface area contributed by atoms with Crippen LogP contribution in [0.25, 0.3) is 11.3 Å². The Bertz CT molecular complexity index is 1380. The molecule has 2 amide bonds. The van der Waals surface area contributed by atoms with E-state index in [1.54, 1.807) is 18.3 Å². The summed E-state index contributed by atoms with van der Waals surface area (Å²) in [5.74, 6) is 0.500. The Labute approximate surface area is 212 Å². The van der Waals surface area contributed by atoms with Crippen LogP contribution in [0.4, 0.5) is 10.7 Å². The monoisotopic (exact) mass is 506 g/mol. The fourth-order valence-electron chi connectivity index (χ4n) is 4.78. The van der Waals surface area contributed by atoms with Gasteiger partial charge in [0.1, 0.15) is 23.4 Å². The number of hydrogen-bond acceptors (Lipinski definition) is 7. The van der Waals surface area contributed by atoms with Gasteiger partial charge in [-0.05, 0) is 69.7 Å². The van der Waals surface area contributed by atoms with Gasteiger partial charge in [0.25, 0.3) is 5.91 Å². The number of nitrogens with zero attached hydrogens (tertiary/aromatic N) is 3. The maximum absolute atomic E-state index is 13.1. The summed E-state index contributed by atoms with van der Waals surface area (Å²) in [6.07, 6.45) is 2.13. The summed E-state index contributed by atoms with van der Waals surface area (Å²) >= 11 is 3.10. The van der Waals surface area contributed by atoms with Crippen molar-refractivity contribution in [1.82, 2.24) is 4.98 Å². The van der Waals surface area contributed by atoms with E-state index >= 15 is 0 Å². The molecule has 0 bridgehead atoms. The average Bonchev–Trinajstić information content (AvgIpc) is 3.33. The van der Waals surface area contributed by atoms with Crippen LogP contribution in [0.3, 0.4) is 0 Å². The number of aromatic nitrogens is 1. The van der Waals surface area contributed by atoms with Gasteiger partial charge in [-0.15, -0.1) is 22.7 Å². The van der Waals surface area contributed by atoms with Crippen LogP contribution in [-0.2, 0) is 22.4 Å². The number of nitrogens with one attached hydrogen (secondary N) is 1. The van der Waals surface area contributed by atoms with Crippen LogP contribution in [0.2, 0.25) is 0 Å². The van der Waals surface area contributed by atoms with Crippen LogP contribution in [-0.4, -0.2) is 29.4 Å². The smallest absolute Gasteiger partial charge is 0.268 e. The first-order chi connectivity index (χ1) is 16.7. The van der Waals surface area contributed by atoms with Gasteiger partial charge >= 0.3 is 0 Å². The number of thiazole rings is 1. The first-order valence-corrected chi connectivity index (χ1v) is 13.3.